The number of carbonyl (C=O) groups excluding carboxylic acids is 3. The molecule has 1 aliphatic rings. The van der Waals surface area contributed by atoms with Gasteiger partial charge in [-0.2, -0.15) is 0 Å². The summed E-state index contributed by atoms with van der Waals surface area (Å²) in [6.07, 6.45) is 1.71. The molecule has 0 unspecified atom stereocenters. The average molecular weight is 399 g/mol. The van der Waals surface area contributed by atoms with Crippen molar-refractivity contribution in [2.24, 2.45) is 11.5 Å². The normalized spacial score (nSPS) is 18.1. The van der Waals surface area contributed by atoms with E-state index in [0.29, 0.717) is 32.4 Å². The fourth-order valence-corrected chi connectivity index (χ4v) is 2.91. The quantitative estimate of drug-likeness (QED) is 0.116. The molecule has 28 heavy (non-hydrogen) atoms. The molecule has 12 nitrogen and oxygen atoms in total. The molecule has 3 atom stereocenters. The van der Waals surface area contributed by atoms with Crippen LogP contribution in [0.5, 0.6) is 0 Å². The standard InChI is InChI=1S/C16H29N7O5/c1-9(15(27)28)21-13(25)11-5-3-7-23(11)14(26)10(22-12(24)8-17)4-2-6-20-16(18)19/h9-11H,2-8,17H2,1H3,(H,21,25)(H,22,24)(H,27,28)(H4,18,19,20)/t9-,10-,11-/m0/s1. The molecule has 158 valence electrons. The highest BCUT2D eigenvalue weighted by Crippen LogP contribution is 2.20. The zero-order valence-electron chi connectivity index (χ0n) is 15.9. The number of nitrogens with zero attached hydrogens (tertiary/aromatic N) is 1. The number of carboxylic acids is 1. The van der Waals surface area contributed by atoms with Gasteiger partial charge in [0.1, 0.15) is 18.1 Å². The first kappa shape index (κ1) is 23.1. The monoisotopic (exact) mass is 399 g/mol. The predicted molar refractivity (Wildman–Crippen MR) is 100 cm³/mol. The molecule has 9 N–H and O–H groups in total. The van der Waals surface area contributed by atoms with E-state index in [9.17, 15) is 19.2 Å². The molecule has 1 fully saturated rings. The minimum Gasteiger partial charge on any atom is -0.480 e. The van der Waals surface area contributed by atoms with E-state index in [1.54, 1.807) is 0 Å². The number of hydrogen-bond acceptors (Lipinski definition) is 6. The van der Waals surface area contributed by atoms with Crippen LogP contribution in [0, 0.1) is 5.41 Å². The molecule has 0 spiro atoms. The molecule has 0 radical (unpaired) electrons. The molecule has 0 aromatic carbocycles. The summed E-state index contributed by atoms with van der Waals surface area (Å²) in [7, 11) is 0. The molecule has 0 aliphatic carbocycles. The number of guanidine groups is 1. The molecule has 1 saturated heterocycles. The SMILES string of the molecule is C[C@H](NC(=O)[C@@H]1CCCN1C(=O)[C@H](CCCNC(=N)N)NC(=O)CN)C(=O)O. The number of carbonyl (C=O) groups is 4. The maximum Gasteiger partial charge on any atom is 0.325 e. The maximum atomic E-state index is 12.9. The largest absolute Gasteiger partial charge is 0.480 e. The molecule has 1 aliphatic heterocycles. The zero-order chi connectivity index (χ0) is 21.3. The van der Waals surface area contributed by atoms with Gasteiger partial charge in [-0.05, 0) is 32.6 Å². The highest BCUT2D eigenvalue weighted by molar-refractivity contribution is 5.94. The fourth-order valence-electron chi connectivity index (χ4n) is 2.91. The third-order valence-corrected chi connectivity index (χ3v) is 4.37. The minimum absolute atomic E-state index is 0.197. The van der Waals surface area contributed by atoms with E-state index in [1.165, 1.54) is 11.8 Å². The summed E-state index contributed by atoms with van der Waals surface area (Å²) in [4.78, 5) is 49.3. The maximum absolute atomic E-state index is 12.9. The van der Waals surface area contributed by atoms with Crippen LogP contribution < -0.4 is 27.4 Å². The van der Waals surface area contributed by atoms with E-state index in [-0.39, 0.29) is 18.9 Å². The van der Waals surface area contributed by atoms with Gasteiger partial charge >= 0.3 is 5.97 Å². The summed E-state index contributed by atoms with van der Waals surface area (Å²) >= 11 is 0. The van der Waals surface area contributed by atoms with Crippen LogP contribution in [0.3, 0.4) is 0 Å². The van der Waals surface area contributed by atoms with Crippen LogP contribution in [0.2, 0.25) is 0 Å². The Kier molecular flexibility index (Phi) is 9.15. The van der Waals surface area contributed by atoms with Crippen molar-refractivity contribution in [3.63, 3.8) is 0 Å². The van der Waals surface area contributed by atoms with Gasteiger partial charge in [0.25, 0.3) is 0 Å². The Labute approximate surface area is 162 Å². The van der Waals surface area contributed by atoms with Crippen LogP contribution >= 0.6 is 0 Å². The zero-order valence-corrected chi connectivity index (χ0v) is 15.9. The molecule has 0 bridgehead atoms. The molecule has 1 rings (SSSR count). The molecule has 12 heteroatoms. The second-order valence-electron chi connectivity index (χ2n) is 6.57. The number of rotatable bonds is 10. The highest BCUT2D eigenvalue weighted by atomic mass is 16.4. The average Bonchev–Trinajstić information content (AvgIpc) is 3.12. The Morgan fingerprint density at radius 1 is 1.29 bits per heavy atom. The van der Waals surface area contributed by atoms with Crippen molar-refractivity contribution in [3.05, 3.63) is 0 Å². The lowest BCUT2D eigenvalue weighted by atomic mass is 10.1. The number of aliphatic carboxylic acids is 1. The summed E-state index contributed by atoms with van der Waals surface area (Å²) < 4.78 is 0. The van der Waals surface area contributed by atoms with Gasteiger partial charge in [0.15, 0.2) is 5.96 Å². The van der Waals surface area contributed by atoms with Crippen molar-refractivity contribution in [1.82, 2.24) is 20.9 Å². The van der Waals surface area contributed by atoms with Crippen LogP contribution in [-0.4, -0.2) is 77.4 Å². The summed E-state index contributed by atoms with van der Waals surface area (Å²) in [5, 5.41) is 23.6. The van der Waals surface area contributed by atoms with Gasteiger partial charge in [0.2, 0.25) is 17.7 Å². The van der Waals surface area contributed by atoms with Gasteiger partial charge in [-0.1, -0.05) is 0 Å². The van der Waals surface area contributed by atoms with Crippen LogP contribution in [0.4, 0.5) is 0 Å². The number of hydrogen-bond donors (Lipinski definition) is 7. The van der Waals surface area contributed by atoms with Crippen LogP contribution in [0.25, 0.3) is 0 Å². The third-order valence-electron chi connectivity index (χ3n) is 4.37. The van der Waals surface area contributed by atoms with Crippen molar-refractivity contribution in [1.29, 1.82) is 5.41 Å². The van der Waals surface area contributed by atoms with Gasteiger partial charge < -0.3 is 37.4 Å². The van der Waals surface area contributed by atoms with Gasteiger partial charge in [-0.3, -0.25) is 24.6 Å². The van der Waals surface area contributed by atoms with Crippen LogP contribution in [-0.2, 0) is 19.2 Å². The number of nitrogens with two attached hydrogens (primary N) is 2. The second kappa shape index (κ2) is 11.1. The molecule has 0 aromatic heterocycles. The molecular weight excluding hydrogens is 370 g/mol. The summed E-state index contributed by atoms with van der Waals surface area (Å²) in [5.74, 6) is -2.83. The second-order valence-corrected chi connectivity index (χ2v) is 6.57. The van der Waals surface area contributed by atoms with Gasteiger partial charge in [0.05, 0.1) is 6.54 Å². The Hall–Kier alpha value is -2.89. The molecule has 0 aromatic rings. The Morgan fingerprint density at radius 3 is 2.54 bits per heavy atom. The van der Waals surface area contributed by atoms with E-state index >= 15 is 0 Å². The first-order valence-electron chi connectivity index (χ1n) is 9.08. The van der Waals surface area contributed by atoms with E-state index in [4.69, 9.17) is 22.0 Å². The lowest BCUT2D eigenvalue weighted by molar-refractivity contribution is -0.144. The predicted octanol–water partition coefficient (Wildman–Crippen LogP) is -2.73. The lowest BCUT2D eigenvalue weighted by Crippen LogP contribution is -2.55. The first-order valence-corrected chi connectivity index (χ1v) is 9.08. The smallest absolute Gasteiger partial charge is 0.325 e. The van der Waals surface area contributed by atoms with Crippen molar-refractivity contribution >= 4 is 29.7 Å². The third kappa shape index (κ3) is 7.02. The fraction of sp³-hybridized carbons (Fsp3) is 0.688. The van der Waals surface area contributed by atoms with Gasteiger partial charge in [-0.15, -0.1) is 0 Å². The van der Waals surface area contributed by atoms with Crippen LogP contribution in [0.1, 0.15) is 32.6 Å². The Morgan fingerprint density at radius 2 is 1.96 bits per heavy atom. The highest BCUT2D eigenvalue weighted by Gasteiger charge is 2.38. The van der Waals surface area contributed by atoms with E-state index < -0.39 is 41.8 Å². The lowest BCUT2D eigenvalue weighted by Gasteiger charge is -2.29. The number of nitrogens with one attached hydrogen (secondary N) is 4. The van der Waals surface area contributed by atoms with Crippen molar-refractivity contribution < 1.29 is 24.3 Å². The number of amides is 3. The molecule has 3 amide bonds. The number of carboxylic acid groups (broad SMARTS) is 1. The van der Waals surface area contributed by atoms with E-state index in [0.717, 1.165) is 0 Å². The molecular formula is C16H29N7O5. The van der Waals surface area contributed by atoms with Crippen molar-refractivity contribution in [3.8, 4) is 0 Å². The summed E-state index contributed by atoms with van der Waals surface area (Å²) in [5.41, 5.74) is 10.5. The van der Waals surface area contributed by atoms with Crippen LogP contribution in [0.15, 0.2) is 0 Å². The van der Waals surface area contributed by atoms with Crippen molar-refractivity contribution in [2.45, 2.75) is 50.7 Å². The van der Waals surface area contributed by atoms with E-state index in [2.05, 4.69) is 16.0 Å². The van der Waals surface area contributed by atoms with E-state index in [1.807, 2.05) is 0 Å². The van der Waals surface area contributed by atoms with Crippen molar-refractivity contribution in [2.75, 3.05) is 19.6 Å². The summed E-state index contributed by atoms with van der Waals surface area (Å²) in [6, 6.07) is -2.74. The minimum atomic E-state index is -1.17. The number of likely N-dealkylation sites (tertiary alicyclic amines) is 1. The van der Waals surface area contributed by atoms with Gasteiger partial charge in [0, 0.05) is 13.1 Å². The molecule has 0 saturated carbocycles. The van der Waals surface area contributed by atoms with Gasteiger partial charge in [-0.25, -0.2) is 0 Å². The summed E-state index contributed by atoms with van der Waals surface area (Å²) in [6.45, 7) is 1.74. The Balaban J connectivity index is 2.80. The first-order chi connectivity index (χ1) is 13.2. The molecule has 1 heterocycles. The Bertz CT molecular complexity index is 612. The topological polar surface area (TPSA) is 204 Å².